The average molecular weight is 385 g/mol. The minimum absolute atomic E-state index is 0.0674. The smallest absolute Gasteiger partial charge is 0.239 e. The Balaban J connectivity index is 1.36. The maximum absolute atomic E-state index is 13.0. The minimum atomic E-state index is 0.0674. The first-order chi connectivity index (χ1) is 13.6. The maximum Gasteiger partial charge on any atom is 0.239 e. The first kappa shape index (κ1) is 19.4. The molecule has 3 aliphatic rings. The highest BCUT2D eigenvalue weighted by molar-refractivity contribution is 5.82. The van der Waals surface area contributed by atoms with Gasteiger partial charge in [-0.3, -0.25) is 19.5 Å². The molecule has 28 heavy (non-hydrogen) atoms. The Hall–Kier alpha value is -1.95. The lowest BCUT2D eigenvalue weighted by Gasteiger charge is -2.48. The molecular formula is C22H32N4O2. The van der Waals surface area contributed by atoms with E-state index in [2.05, 4.69) is 21.8 Å². The number of carbonyl (C=O) groups is 2. The molecule has 2 amide bonds. The third-order valence-corrected chi connectivity index (χ3v) is 7.04. The van der Waals surface area contributed by atoms with E-state index < -0.39 is 0 Å². The number of amides is 2. The summed E-state index contributed by atoms with van der Waals surface area (Å²) in [5.41, 5.74) is 1.26. The third kappa shape index (κ3) is 4.07. The molecule has 1 spiro atoms. The summed E-state index contributed by atoms with van der Waals surface area (Å²) in [4.78, 5) is 36.0. The number of hydrogen-bond donors (Lipinski definition) is 0. The van der Waals surface area contributed by atoms with Crippen molar-refractivity contribution < 1.29 is 9.59 Å². The number of aromatic nitrogens is 1. The van der Waals surface area contributed by atoms with E-state index >= 15 is 0 Å². The summed E-state index contributed by atoms with van der Waals surface area (Å²) in [6.45, 7) is 4.14. The molecule has 1 aromatic rings. The standard InChI is InChI=1S/C22H32N4O2/c1-24-12-3-2-6-19(24)21(28)25-13-9-22(10-14-25)8-7-20(27)26(17-22)16-18-5-4-11-23-15-18/h4-5,11,15,19H,2-3,6-10,12-14,16-17H2,1H3/t19-/m1/s1. The molecule has 1 atom stereocenters. The Labute approximate surface area is 167 Å². The molecule has 0 bridgehead atoms. The van der Waals surface area contributed by atoms with Gasteiger partial charge in [-0.25, -0.2) is 0 Å². The van der Waals surface area contributed by atoms with Crippen LogP contribution in [0.15, 0.2) is 24.5 Å². The van der Waals surface area contributed by atoms with Crippen molar-refractivity contribution in [2.24, 2.45) is 5.41 Å². The summed E-state index contributed by atoms with van der Waals surface area (Å²) in [6.07, 6.45) is 10.5. The van der Waals surface area contributed by atoms with Crippen LogP contribution in [0.4, 0.5) is 0 Å². The van der Waals surface area contributed by atoms with Crippen LogP contribution in [0.1, 0.15) is 50.5 Å². The summed E-state index contributed by atoms with van der Waals surface area (Å²) in [5, 5.41) is 0. The molecule has 3 aliphatic heterocycles. The van der Waals surface area contributed by atoms with Crippen LogP contribution in [0.5, 0.6) is 0 Å². The molecule has 4 rings (SSSR count). The Morgan fingerprint density at radius 2 is 2.04 bits per heavy atom. The van der Waals surface area contributed by atoms with Gasteiger partial charge in [0.2, 0.25) is 11.8 Å². The fraction of sp³-hybridized carbons (Fsp3) is 0.682. The van der Waals surface area contributed by atoms with Gasteiger partial charge in [0.25, 0.3) is 0 Å². The zero-order chi connectivity index (χ0) is 19.6. The number of hydrogen-bond acceptors (Lipinski definition) is 4. The zero-order valence-electron chi connectivity index (χ0n) is 17.0. The summed E-state index contributed by atoms with van der Waals surface area (Å²) in [5.74, 6) is 0.563. The van der Waals surface area contributed by atoms with Gasteiger partial charge in [-0.05, 0) is 62.7 Å². The predicted octanol–water partition coefficient (Wildman–Crippen LogP) is 2.30. The van der Waals surface area contributed by atoms with E-state index in [1.165, 1.54) is 6.42 Å². The van der Waals surface area contributed by atoms with Gasteiger partial charge in [0, 0.05) is 45.0 Å². The molecule has 0 radical (unpaired) electrons. The number of carbonyl (C=O) groups excluding carboxylic acids is 2. The molecule has 1 aromatic heterocycles. The van der Waals surface area contributed by atoms with Gasteiger partial charge in [-0.1, -0.05) is 12.5 Å². The molecule has 6 heteroatoms. The van der Waals surface area contributed by atoms with Crippen molar-refractivity contribution in [3.05, 3.63) is 30.1 Å². The number of likely N-dealkylation sites (tertiary alicyclic amines) is 3. The van der Waals surface area contributed by atoms with Gasteiger partial charge in [0.1, 0.15) is 0 Å². The molecule has 3 fully saturated rings. The van der Waals surface area contributed by atoms with Crippen LogP contribution in [0.3, 0.4) is 0 Å². The summed E-state index contributed by atoms with van der Waals surface area (Å²) >= 11 is 0. The first-order valence-electron chi connectivity index (χ1n) is 10.7. The lowest BCUT2D eigenvalue weighted by Crippen LogP contribution is -2.55. The van der Waals surface area contributed by atoms with Crippen molar-refractivity contribution in [2.45, 2.75) is 57.5 Å². The van der Waals surface area contributed by atoms with E-state index in [-0.39, 0.29) is 17.4 Å². The number of piperidine rings is 3. The summed E-state index contributed by atoms with van der Waals surface area (Å²) in [6, 6.07) is 4.02. The highest BCUT2D eigenvalue weighted by Crippen LogP contribution is 2.41. The highest BCUT2D eigenvalue weighted by Gasteiger charge is 2.42. The third-order valence-electron chi connectivity index (χ3n) is 7.04. The number of likely N-dealkylation sites (N-methyl/N-ethyl adjacent to an activating group) is 1. The number of rotatable bonds is 3. The number of pyridine rings is 1. The monoisotopic (exact) mass is 384 g/mol. The number of nitrogens with zero attached hydrogens (tertiary/aromatic N) is 4. The molecule has 6 nitrogen and oxygen atoms in total. The van der Waals surface area contributed by atoms with Crippen LogP contribution in [-0.2, 0) is 16.1 Å². The molecular weight excluding hydrogens is 352 g/mol. The molecule has 0 saturated carbocycles. The lowest BCUT2D eigenvalue weighted by molar-refractivity contribution is -0.145. The summed E-state index contributed by atoms with van der Waals surface area (Å²) in [7, 11) is 2.08. The SMILES string of the molecule is CN1CCCC[C@@H]1C(=O)N1CCC2(CCC(=O)N(Cc3cccnc3)C2)CC1. The maximum atomic E-state index is 13.0. The molecule has 0 unspecified atom stereocenters. The average Bonchev–Trinajstić information content (AvgIpc) is 2.72. The molecule has 0 aliphatic carbocycles. The van der Waals surface area contributed by atoms with Crippen LogP contribution < -0.4 is 0 Å². The molecule has 4 heterocycles. The van der Waals surface area contributed by atoms with E-state index in [9.17, 15) is 9.59 Å². The second-order valence-corrected chi connectivity index (χ2v) is 8.93. The Bertz CT molecular complexity index is 700. The highest BCUT2D eigenvalue weighted by atomic mass is 16.2. The van der Waals surface area contributed by atoms with Crippen molar-refractivity contribution >= 4 is 11.8 Å². The van der Waals surface area contributed by atoms with E-state index in [0.29, 0.717) is 18.9 Å². The van der Waals surface area contributed by atoms with E-state index in [1.807, 2.05) is 23.2 Å². The predicted molar refractivity (Wildman–Crippen MR) is 107 cm³/mol. The molecule has 0 aromatic carbocycles. The molecule has 3 saturated heterocycles. The zero-order valence-corrected chi connectivity index (χ0v) is 17.0. The Morgan fingerprint density at radius 1 is 1.21 bits per heavy atom. The Morgan fingerprint density at radius 3 is 2.75 bits per heavy atom. The van der Waals surface area contributed by atoms with Crippen molar-refractivity contribution in [1.29, 1.82) is 0 Å². The van der Waals surface area contributed by atoms with Crippen LogP contribution in [0.25, 0.3) is 0 Å². The fourth-order valence-electron chi connectivity index (χ4n) is 5.17. The second-order valence-electron chi connectivity index (χ2n) is 8.93. The normalized spacial score (nSPS) is 25.9. The van der Waals surface area contributed by atoms with E-state index in [0.717, 1.165) is 63.8 Å². The van der Waals surface area contributed by atoms with Gasteiger partial charge in [-0.2, -0.15) is 0 Å². The van der Waals surface area contributed by atoms with Crippen LogP contribution >= 0.6 is 0 Å². The topological polar surface area (TPSA) is 56.8 Å². The van der Waals surface area contributed by atoms with E-state index in [1.54, 1.807) is 6.20 Å². The van der Waals surface area contributed by atoms with E-state index in [4.69, 9.17) is 0 Å². The van der Waals surface area contributed by atoms with Gasteiger partial charge in [0.05, 0.1) is 6.04 Å². The van der Waals surface area contributed by atoms with Crippen molar-refractivity contribution in [1.82, 2.24) is 19.7 Å². The lowest BCUT2D eigenvalue weighted by atomic mass is 9.72. The van der Waals surface area contributed by atoms with Gasteiger partial charge < -0.3 is 9.80 Å². The van der Waals surface area contributed by atoms with Crippen LogP contribution in [0, 0.1) is 5.41 Å². The van der Waals surface area contributed by atoms with Gasteiger partial charge >= 0.3 is 0 Å². The van der Waals surface area contributed by atoms with Gasteiger partial charge in [-0.15, -0.1) is 0 Å². The van der Waals surface area contributed by atoms with Crippen molar-refractivity contribution in [3.8, 4) is 0 Å². The molecule has 152 valence electrons. The minimum Gasteiger partial charge on any atom is -0.341 e. The van der Waals surface area contributed by atoms with Gasteiger partial charge in [0.15, 0.2) is 0 Å². The molecule has 0 N–H and O–H groups in total. The van der Waals surface area contributed by atoms with Crippen LogP contribution in [-0.4, -0.2) is 70.8 Å². The first-order valence-corrected chi connectivity index (χ1v) is 10.7. The second kappa shape index (κ2) is 8.19. The van der Waals surface area contributed by atoms with Crippen molar-refractivity contribution in [2.75, 3.05) is 33.2 Å². The fourth-order valence-corrected chi connectivity index (χ4v) is 5.17. The van der Waals surface area contributed by atoms with Crippen molar-refractivity contribution in [3.63, 3.8) is 0 Å². The summed E-state index contributed by atoms with van der Waals surface area (Å²) < 4.78 is 0. The largest absolute Gasteiger partial charge is 0.341 e. The van der Waals surface area contributed by atoms with Crippen LogP contribution in [0.2, 0.25) is 0 Å². The quantitative estimate of drug-likeness (QED) is 0.802. The Kier molecular flexibility index (Phi) is 5.67.